The number of rotatable bonds is 2. The smallest absolute Gasteiger partial charge is 0.223 e. The molecule has 0 amide bonds. The van der Waals surface area contributed by atoms with Crippen molar-refractivity contribution in [3.05, 3.63) is 40.5 Å². The van der Waals surface area contributed by atoms with Crippen LogP contribution in [0.2, 0.25) is 5.02 Å². The molecule has 0 radical (unpaired) electrons. The third kappa shape index (κ3) is 2.46. The van der Waals surface area contributed by atoms with Crippen LogP contribution in [0.3, 0.4) is 0 Å². The molecule has 2 rings (SSSR count). The van der Waals surface area contributed by atoms with Crippen LogP contribution in [0.15, 0.2) is 29.3 Å². The third-order valence-corrected chi connectivity index (χ3v) is 3.60. The Morgan fingerprint density at radius 2 is 2.16 bits per heavy atom. The molecule has 0 saturated heterocycles. The molecule has 0 aliphatic heterocycles. The molecule has 2 aromatic rings. The van der Waals surface area contributed by atoms with E-state index in [2.05, 4.69) is 5.10 Å². The highest BCUT2D eigenvalue weighted by Gasteiger charge is 2.25. The summed E-state index contributed by atoms with van der Waals surface area (Å²) in [6.45, 7) is 1.54. The van der Waals surface area contributed by atoms with Crippen molar-refractivity contribution in [2.75, 3.05) is 0 Å². The number of primary sulfonamides is 1. The summed E-state index contributed by atoms with van der Waals surface area (Å²) in [6.07, 6.45) is 0. The number of aryl methyl sites for hydroxylation is 1. The highest BCUT2D eigenvalue weighted by atomic mass is 35.5. The number of halogens is 1. The molecule has 19 heavy (non-hydrogen) atoms. The molecule has 0 unspecified atom stereocenters. The molecule has 0 bridgehead atoms. The fraction of sp³-hybridized carbons (Fsp3) is 0.0909. The van der Waals surface area contributed by atoms with Crippen LogP contribution in [-0.2, 0) is 10.0 Å². The molecule has 8 heteroatoms. The van der Waals surface area contributed by atoms with Crippen LogP contribution in [0.4, 0.5) is 0 Å². The molecule has 1 aromatic carbocycles. The Bertz CT molecular complexity index is 790. The largest absolute Gasteiger partial charge is 0.257 e. The lowest BCUT2D eigenvalue weighted by Gasteiger charge is -2.06. The summed E-state index contributed by atoms with van der Waals surface area (Å²) in [4.78, 5) is 0. The molecule has 2 N–H and O–H groups in total. The lowest BCUT2D eigenvalue weighted by atomic mass is 10.3. The van der Waals surface area contributed by atoms with Gasteiger partial charge in [-0.3, -0.25) is 0 Å². The second-order valence-electron chi connectivity index (χ2n) is 3.81. The quantitative estimate of drug-likeness (QED) is 0.903. The second kappa shape index (κ2) is 4.66. The van der Waals surface area contributed by atoms with E-state index in [0.717, 1.165) is 4.68 Å². The predicted molar refractivity (Wildman–Crippen MR) is 69.4 cm³/mol. The summed E-state index contributed by atoms with van der Waals surface area (Å²) in [5.41, 5.74) is 0.634. The molecule has 6 nitrogen and oxygen atoms in total. The van der Waals surface area contributed by atoms with E-state index in [9.17, 15) is 8.42 Å². The molecule has 0 saturated carbocycles. The number of nitriles is 1. The summed E-state index contributed by atoms with van der Waals surface area (Å²) in [7, 11) is -4.08. The third-order valence-electron chi connectivity index (χ3n) is 2.45. The zero-order chi connectivity index (χ0) is 14.2. The first-order chi connectivity index (χ1) is 8.84. The van der Waals surface area contributed by atoms with Crippen molar-refractivity contribution in [2.24, 2.45) is 5.14 Å². The first kappa shape index (κ1) is 13.5. The standard InChI is InChI=1S/C11H9ClN4O2S/c1-7-10(6-13)11(19(14,17)18)16(15-7)9-4-2-3-8(12)5-9/h2-5H,1H3,(H2,14,17,18). The molecule has 0 fully saturated rings. The number of nitrogens with two attached hydrogens (primary N) is 1. The molecule has 0 aliphatic rings. The summed E-state index contributed by atoms with van der Waals surface area (Å²) >= 11 is 5.85. The van der Waals surface area contributed by atoms with E-state index in [-0.39, 0.29) is 16.3 Å². The van der Waals surface area contributed by atoms with Crippen LogP contribution in [0.25, 0.3) is 5.69 Å². The maximum Gasteiger partial charge on any atom is 0.257 e. The number of hydrogen-bond donors (Lipinski definition) is 1. The number of sulfonamides is 1. The molecule has 98 valence electrons. The van der Waals surface area contributed by atoms with E-state index in [1.807, 2.05) is 0 Å². The Kier molecular flexibility index (Phi) is 3.32. The summed E-state index contributed by atoms with van der Waals surface area (Å²) in [6, 6.07) is 8.24. The Balaban J connectivity index is 2.83. The van der Waals surface area contributed by atoms with Gasteiger partial charge in [0.05, 0.1) is 11.4 Å². The van der Waals surface area contributed by atoms with Crippen molar-refractivity contribution < 1.29 is 8.42 Å². The van der Waals surface area contributed by atoms with Crippen LogP contribution in [-0.4, -0.2) is 18.2 Å². The minimum atomic E-state index is -4.08. The van der Waals surface area contributed by atoms with Gasteiger partial charge in [0.1, 0.15) is 11.6 Å². The van der Waals surface area contributed by atoms with Gasteiger partial charge in [-0.1, -0.05) is 17.7 Å². The van der Waals surface area contributed by atoms with Crippen LogP contribution >= 0.6 is 11.6 Å². The topological polar surface area (TPSA) is 102 Å². The molecule has 0 aliphatic carbocycles. The van der Waals surface area contributed by atoms with Gasteiger partial charge in [-0.25, -0.2) is 18.2 Å². The molecular weight excluding hydrogens is 288 g/mol. The van der Waals surface area contributed by atoms with E-state index in [4.69, 9.17) is 22.0 Å². The van der Waals surface area contributed by atoms with Crippen molar-refractivity contribution in [2.45, 2.75) is 11.9 Å². The predicted octanol–water partition coefficient (Wildman–Crippen LogP) is 1.35. The minimum Gasteiger partial charge on any atom is -0.223 e. The van der Waals surface area contributed by atoms with Crippen molar-refractivity contribution in [3.8, 4) is 11.8 Å². The molecule has 0 atom stereocenters. The number of benzene rings is 1. The van der Waals surface area contributed by atoms with Crippen LogP contribution < -0.4 is 5.14 Å². The molecule has 1 aromatic heterocycles. The van der Waals surface area contributed by atoms with Gasteiger partial charge in [0, 0.05) is 5.02 Å². The van der Waals surface area contributed by atoms with Crippen molar-refractivity contribution in [1.29, 1.82) is 5.26 Å². The van der Waals surface area contributed by atoms with Gasteiger partial charge in [0.2, 0.25) is 0 Å². The van der Waals surface area contributed by atoms with Gasteiger partial charge in [0.25, 0.3) is 10.0 Å². The zero-order valence-electron chi connectivity index (χ0n) is 9.83. The second-order valence-corrected chi connectivity index (χ2v) is 5.73. The Morgan fingerprint density at radius 3 is 2.68 bits per heavy atom. The van der Waals surface area contributed by atoms with E-state index >= 15 is 0 Å². The lowest BCUT2D eigenvalue weighted by molar-refractivity contribution is 0.587. The highest BCUT2D eigenvalue weighted by molar-refractivity contribution is 7.89. The highest BCUT2D eigenvalue weighted by Crippen LogP contribution is 2.23. The number of nitrogens with zero attached hydrogens (tertiary/aromatic N) is 3. The van der Waals surface area contributed by atoms with Crippen molar-refractivity contribution in [3.63, 3.8) is 0 Å². The van der Waals surface area contributed by atoms with Crippen LogP contribution in [0.5, 0.6) is 0 Å². The van der Waals surface area contributed by atoms with Gasteiger partial charge in [-0.05, 0) is 25.1 Å². The summed E-state index contributed by atoms with van der Waals surface area (Å²) in [5, 5.41) is 18.3. The maximum absolute atomic E-state index is 11.6. The van der Waals surface area contributed by atoms with Gasteiger partial charge in [-0.15, -0.1) is 0 Å². The fourth-order valence-corrected chi connectivity index (χ4v) is 2.73. The van der Waals surface area contributed by atoms with Gasteiger partial charge in [-0.2, -0.15) is 10.4 Å². The molecule has 0 spiro atoms. The van der Waals surface area contributed by atoms with E-state index in [0.29, 0.717) is 10.7 Å². The summed E-state index contributed by atoms with van der Waals surface area (Å²) in [5.74, 6) is 0. The van der Waals surface area contributed by atoms with Crippen molar-refractivity contribution in [1.82, 2.24) is 9.78 Å². The van der Waals surface area contributed by atoms with Crippen molar-refractivity contribution >= 4 is 21.6 Å². The van der Waals surface area contributed by atoms with E-state index in [1.165, 1.54) is 13.0 Å². The number of hydrogen-bond acceptors (Lipinski definition) is 4. The van der Waals surface area contributed by atoms with Crippen LogP contribution in [0.1, 0.15) is 11.3 Å². The monoisotopic (exact) mass is 296 g/mol. The van der Waals surface area contributed by atoms with Crippen LogP contribution in [0, 0.1) is 18.3 Å². The SMILES string of the molecule is Cc1nn(-c2cccc(Cl)c2)c(S(N)(=O)=O)c1C#N. The lowest BCUT2D eigenvalue weighted by Crippen LogP contribution is -2.18. The Labute approximate surface area is 115 Å². The normalized spacial score (nSPS) is 11.3. The number of aromatic nitrogens is 2. The first-order valence-corrected chi connectivity index (χ1v) is 7.05. The summed E-state index contributed by atoms with van der Waals surface area (Å²) < 4.78 is 24.4. The molecular formula is C11H9ClN4O2S. The van der Waals surface area contributed by atoms with E-state index < -0.39 is 10.0 Å². The average molecular weight is 297 g/mol. The molecule has 1 heterocycles. The fourth-order valence-electron chi connectivity index (χ4n) is 1.68. The first-order valence-electron chi connectivity index (χ1n) is 5.13. The Hall–Kier alpha value is -1.88. The van der Waals surface area contributed by atoms with Gasteiger partial charge in [0.15, 0.2) is 5.03 Å². The maximum atomic E-state index is 11.6. The minimum absolute atomic E-state index is 0.0672. The average Bonchev–Trinajstić information content (AvgIpc) is 2.66. The van der Waals surface area contributed by atoms with Gasteiger partial charge >= 0.3 is 0 Å². The van der Waals surface area contributed by atoms with E-state index in [1.54, 1.807) is 24.3 Å². The zero-order valence-corrected chi connectivity index (χ0v) is 11.4. The Morgan fingerprint density at radius 1 is 1.47 bits per heavy atom. The van der Waals surface area contributed by atoms with Gasteiger partial charge < -0.3 is 0 Å².